The minimum atomic E-state index is -0.708. The molecular formula is C12H17ClFNO3. The van der Waals surface area contributed by atoms with Gasteiger partial charge < -0.3 is 15.2 Å². The summed E-state index contributed by atoms with van der Waals surface area (Å²) in [5.74, 6) is -0.508. The molecule has 0 spiro atoms. The predicted octanol–water partition coefficient (Wildman–Crippen LogP) is 2.21. The molecule has 0 bridgehead atoms. The van der Waals surface area contributed by atoms with Crippen molar-refractivity contribution in [3.05, 3.63) is 29.6 Å². The van der Waals surface area contributed by atoms with Crippen molar-refractivity contribution >= 4 is 18.4 Å². The first-order valence-corrected chi connectivity index (χ1v) is 5.33. The van der Waals surface area contributed by atoms with Gasteiger partial charge in [-0.05, 0) is 13.0 Å². The van der Waals surface area contributed by atoms with Gasteiger partial charge in [0.15, 0.2) is 0 Å². The third kappa shape index (κ3) is 4.50. The highest BCUT2D eigenvalue weighted by Gasteiger charge is 2.16. The molecule has 0 heterocycles. The Balaban J connectivity index is 0.00000289. The van der Waals surface area contributed by atoms with E-state index in [4.69, 9.17) is 15.2 Å². The molecule has 1 aromatic carbocycles. The minimum absolute atomic E-state index is 0. The smallest absolute Gasteiger partial charge is 0.307 e. The van der Waals surface area contributed by atoms with E-state index in [-0.39, 0.29) is 31.0 Å². The fraction of sp³-hybridized carbons (Fsp3) is 0.417. The number of esters is 1. The fourth-order valence-electron chi connectivity index (χ4n) is 1.44. The molecule has 1 atom stereocenters. The summed E-state index contributed by atoms with van der Waals surface area (Å²) in [6.07, 6.45) is -0.0446. The lowest BCUT2D eigenvalue weighted by Crippen LogP contribution is -2.18. The van der Waals surface area contributed by atoms with E-state index in [0.717, 1.165) is 0 Å². The van der Waals surface area contributed by atoms with Crippen LogP contribution in [0.1, 0.15) is 24.9 Å². The van der Waals surface area contributed by atoms with Crippen molar-refractivity contribution in [1.29, 1.82) is 0 Å². The number of nitrogens with two attached hydrogens (primary N) is 1. The number of rotatable bonds is 5. The largest absolute Gasteiger partial charge is 0.497 e. The van der Waals surface area contributed by atoms with Crippen molar-refractivity contribution in [2.75, 3.05) is 13.7 Å². The van der Waals surface area contributed by atoms with Gasteiger partial charge in [-0.15, -0.1) is 12.4 Å². The third-order valence-corrected chi connectivity index (χ3v) is 2.30. The van der Waals surface area contributed by atoms with E-state index < -0.39 is 17.8 Å². The summed E-state index contributed by atoms with van der Waals surface area (Å²) in [4.78, 5) is 11.2. The topological polar surface area (TPSA) is 61.5 Å². The maximum atomic E-state index is 13.6. The molecule has 0 aliphatic heterocycles. The van der Waals surface area contributed by atoms with Crippen LogP contribution in [-0.4, -0.2) is 19.7 Å². The molecule has 1 aromatic rings. The number of halogens is 2. The van der Waals surface area contributed by atoms with E-state index in [0.29, 0.717) is 5.75 Å². The van der Waals surface area contributed by atoms with Gasteiger partial charge >= 0.3 is 5.97 Å². The average Bonchev–Trinajstić information content (AvgIpc) is 2.28. The van der Waals surface area contributed by atoms with Crippen LogP contribution in [0.5, 0.6) is 5.75 Å². The normalized spacial score (nSPS) is 11.3. The molecule has 0 saturated carbocycles. The second-order valence-corrected chi connectivity index (χ2v) is 3.50. The first-order chi connectivity index (χ1) is 8.08. The minimum Gasteiger partial charge on any atom is -0.497 e. The highest BCUT2D eigenvalue weighted by Crippen LogP contribution is 2.22. The molecule has 6 heteroatoms. The number of carbonyl (C=O) groups is 1. The summed E-state index contributed by atoms with van der Waals surface area (Å²) in [5.41, 5.74) is 6.01. The molecule has 2 N–H and O–H groups in total. The summed E-state index contributed by atoms with van der Waals surface area (Å²) in [6, 6.07) is 3.64. The third-order valence-electron chi connectivity index (χ3n) is 2.30. The lowest BCUT2D eigenvalue weighted by Gasteiger charge is -2.12. The number of benzene rings is 1. The van der Waals surface area contributed by atoms with Crippen LogP contribution >= 0.6 is 12.4 Å². The van der Waals surface area contributed by atoms with Crippen LogP contribution in [-0.2, 0) is 9.53 Å². The summed E-state index contributed by atoms with van der Waals surface area (Å²) >= 11 is 0. The quantitative estimate of drug-likeness (QED) is 0.838. The number of methoxy groups -OCH3 is 1. The summed E-state index contributed by atoms with van der Waals surface area (Å²) < 4.78 is 23.2. The standard InChI is InChI=1S/C12H16FNO3.ClH/c1-3-17-12(15)7-11(14)9-5-4-8(16-2)6-10(9)13;/h4-6,11H,3,7,14H2,1-2H3;1H/t11-;/m1./s1. The predicted molar refractivity (Wildman–Crippen MR) is 68.4 cm³/mol. The summed E-state index contributed by atoms with van der Waals surface area (Å²) in [5, 5.41) is 0. The lowest BCUT2D eigenvalue weighted by molar-refractivity contribution is -0.143. The Morgan fingerprint density at radius 3 is 2.67 bits per heavy atom. The Kier molecular flexibility index (Phi) is 7.31. The van der Waals surface area contributed by atoms with Gasteiger partial charge in [-0.25, -0.2) is 4.39 Å². The van der Waals surface area contributed by atoms with Gasteiger partial charge in [0.1, 0.15) is 11.6 Å². The molecule has 0 aliphatic rings. The van der Waals surface area contributed by atoms with Crippen molar-refractivity contribution < 1.29 is 18.7 Å². The highest BCUT2D eigenvalue weighted by atomic mass is 35.5. The SMILES string of the molecule is CCOC(=O)C[C@@H](N)c1ccc(OC)cc1F.Cl. The van der Waals surface area contributed by atoms with E-state index in [2.05, 4.69) is 0 Å². The van der Waals surface area contributed by atoms with Crippen molar-refractivity contribution in [2.45, 2.75) is 19.4 Å². The lowest BCUT2D eigenvalue weighted by atomic mass is 10.0. The van der Waals surface area contributed by atoms with Gasteiger partial charge in [0.05, 0.1) is 20.1 Å². The fourth-order valence-corrected chi connectivity index (χ4v) is 1.44. The van der Waals surface area contributed by atoms with E-state index in [9.17, 15) is 9.18 Å². The van der Waals surface area contributed by atoms with E-state index >= 15 is 0 Å². The molecule has 0 saturated heterocycles. The van der Waals surface area contributed by atoms with Gasteiger partial charge in [-0.1, -0.05) is 6.07 Å². The second kappa shape index (κ2) is 7.89. The molecule has 0 amide bonds. The van der Waals surface area contributed by atoms with Crippen LogP contribution in [0.2, 0.25) is 0 Å². The Labute approximate surface area is 112 Å². The summed E-state index contributed by atoms with van der Waals surface area (Å²) in [6.45, 7) is 1.99. The van der Waals surface area contributed by atoms with Gasteiger partial charge in [-0.2, -0.15) is 0 Å². The zero-order valence-electron chi connectivity index (χ0n) is 10.3. The monoisotopic (exact) mass is 277 g/mol. The van der Waals surface area contributed by atoms with Crippen molar-refractivity contribution in [2.24, 2.45) is 5.73 Å². The van der Waals surface area contributed by atoms with Crippen LogP contribution in [0.15, 0.2) is 18.2 Å². The van der Waals surface area contributed by atoms with Gasteiger partial charge in [0.2, 0.25) is 0 Å². The van der Waals surface area contributed by atoms with E-state index in [1.807, 2.05) is 0 Å². The maximum absolute atomic E-state index is 13.6. The van der Waals surface area contributed by atoms with Crippen molar-refractivity contribution in [3.8, 4) is 5.75 Å². The molecule has 102 valence electrons. The molecule has 4 nitrogen and oxygen atoms in total. The highest BCUT2D eigenvalue weighted by molar-refractivity contribution is 5.85. The Morgan fingerprint density at radius 2 is 2.17 bits per heavy atom. The van der Waals surface area contributed by atoms with Crippen LogP contribution in [0.25, 0.3) is 0 Å². The zero-order chi connectivity index (χ0) is 12.8. The van der Waals surface area contributed by atoms with Crippen LogP contribution < -0.4 is 10.5 Å². The zero-order valence-corrected chi connectivity index (χ0v) is 11.1. The molecule has 0 aliphatic carbocycles. The average molecular weight is 278 g/mol. The number of ether oxygens (including phenoxy) is 2. The van der Waals surface area contributed by atoms with Gasteiger partial charge in [0, 0.05) is 17.7 Å². The van der Waals surface area contributed by atoms with Gasteiger partial charge in [0.25, 0.3) is 0 Å². The first-order valence-electron chi connectivity index (χ1n) is 5.33. The summed E-state index contributed by atoms with van der Waals surface area (Å²) in [7, 11) is 1.45. The van der Waals surface area contributed by atoms with Gasteiger partial charge in [-0.3, -0.25) is 4.79 Å². The van der Waals surface area contributed by atoms with E-state index in [1.54, 1.807) is 13.0 Å². The number of hydrogen-bond acceptors (Lipinski definition) is 4. The first kappa shape index (κ1) is 16.7. The number of hydrogen-bond donors (Lipinski definition) is 1. The Hall–Kier alpha value is -1.33. The molecular weight excluding hydrogens is 261 g/mol. The van der Waals surface area contributed by atoms with Crippen LogP contribution in [0, 0.1) is 5.82 Å². The maximum Gasteiger partial charge on any atom is 0.307 e. The number of carbonyl (C=O) groups excluding carboxylic acids is 1. The second-order valence-electron chi connectivity index (χ2n) is 3.50. The molecule has 0 unspecified atom stereocenters. The Morgan fingerprint density at radius 1 is 1.50 bits per heavy atom. The van der Waals surface area contributed by atoms with Crippen LogP contribution in [0.4, 0.5) is 4.39 Å². The van der Waals surface area contributed by atoms with Crippen molar-refractivity contribution in [3.63, 3.8) is 0 Å². The molecule has 0 fully saturated rings. The molecule has 0 aromatic heterocycles. The molecule has 18 heavy (non-hydrogen) atoms. The van der Waals surface area contributed by atoms with Crippen molar-refractivity contribution in [1.82, 2.24) is 0 Å². The molecule has 0 radical (unpaired) electrons. The Bertz CT molecular complexity index is 401. The van der Waals surface area contributed by atoms with E-state index in [1.165, 1.54) is 19.2 Å². The van der Waals surface area contributed by atoms with Crippen LogP contribution in [0.3, 0.4) is 0 Å². The molecule has 1 rings (SSSR count).